The molecule has 2 heterocycles. The number of amides is 2. The highest BCUT2D eigenvalue weighted by Crippen LogP contribution is 2.30. The summed E-state index contributed by atoms with van der Waals surface area (Å²) in [6.07, 6.45) is 1.95. The maximum Gasteiger partial charge on any atom is 0.328 e. The minimum atomic E-state index is -4.06. The number of carbonyl (C=O) groups is 3. The molecule has 0 unspecified atom stereocenters. The van der Waals surface area contributed by atoms with Gasteiger partial charge in [0.05, 0.1) is 12.2 Å². The van der Waals surface area contributed by atoms with Crippen molar-refractivity contribution >= 4 is 27.8 Å². The number of carbonyl (C=O) groups excluding carboxylic acids is 3. The highest BCUT2D eigenvalue weighted by Gasteiger charge is 2.43. The van der Waals surface area contributed by atoms with E-state index < -0.39 is 40.4 Å². The molecule has 0 aromatic heterocycles. The van der Waals surface area contributed by atoms with E-state index in [0.717, 1.165) is 6.42 Å². The van der Waals surface area contributed by atoms with Crippen molar-refractivity contribution in [3.05, 3.63) is 29.8 Å². The van der Waals surface area contributed by atoms with Crippen LogP contribution >= 0.6 is 0 Å². The summed E-state index contributed by atoms with van der Waals surface area (Å²) >= 11 is 0. The first-order valence-corrected chi connectivity index (χ1v) is 9.94. The minimum Gasteiger partial charge on any atom is -0.464 e. The summed E-state index contributed by atoms with van der Waals surface area (Å²) in [6, 6.07) is 5.12. The van der Waals surface area contributed by atoms with Crippen LogP contribution in [-0.2, 0) is 24.3 Å². The number of rotatable bonds is 4. The molecule has 2 amide bonds. The van der Waals surface area contributed by atoms with E-state index in [0.29, 0.717) is 23.7 Å². The third-order valence-electron chi connectivity index (χ3n) is 4.57. The summed E-state index contributed by atoms with van der Waals surface area (Å²) in [5.41, 5.74) is 0.0564. The van der Waals surface area contributed by atoms with Gasteiger partial charge >= 0.3 is 5.97 Å². The van der Waals surface area contributed by atoms with Crippen molar-refractivity contribution in [2.75, 3.05) is 19.7 Å². The Morgan fingerprint density at radius 1 is 1.23 bits per heavy atom. The van der Waals surface area contributed by atoms with Crippen LogP contribution < -0.4 is 0 Å². The lowest BCUT2D eigenvalue weighted by molar-refractivity contribution is -0.156. The first-order chi connectivity index (χ1) is 12.4. The first kappa shape index (κ1) is 18.4. The zero-order valence-electron chi connectivity index (χ0n) is 14.4. The number of nitrogens with zero attached hydrogens (tertiary/aromatic N) is 2. The van der Waals surface area contributed by atoms with Crippen LogP contribution in [0.15, 0.2) is 29.2 Å². The van der Waals surface area contributed by atoms with Crippen LogP contribution in [0.5, 0.6) is 0 Å². The molecular weight excluding hydrogens is 360 g/mol. The van der Waals surface area contributed by atoms with Crippen molar-refractivity contribution in [1.29, 1.82) is 0 Å². The van der Waals surface area contributed by atoms with Crippen LogP contribution in [0.2, 0.25) is 0 Å². The van der Waals surface area contributed by atoms with Gasteiger partial charge in [0.2, 0.25) is 5.91 Å². The third-order valence-corrected chi connectivity index (χ3v) is 6.36. The molecule has 0 saturated carbocycles. The summed E-state index contributed by atoms with van der Waals surface area (Å²) in [5, 5.41) is 0. The Morgan fingerprint density at radius 3 is 2.65 bits per heavy atom. The molecule has 1 atom stereocenters. The van der Waals surface area contributed by atoms with Gasteiger partial charge in [-0.25, -0.2) is 17.5 Å². The fraction of sp³-hybridized carbons (Fsp3) is 0.471. The van der Waals surface area contributed by atoms with Crippen molar-refractivity contribution < 1.29 is 27.5 Å². The summed E-state index contributed by atoms with van der Waals surface area (Å²) in [6.45, 7) is 1.59. The average molecular weight is 380 g/mol. The Kier molecular flexibility index (Phi) is 4.99. The standard InChI is InChI=1S/C17H20N2O6S/c1-2-25-17(22)13-8-5-6-10-18(13)15(20)11-19-16(21)12-7-3-4-9-14(12)26(19,23)24/h3-4,7,9,13H,2,5-6,8,10-11H2,1H3/t13-/m0/s1. The molecule has 8 nitrogen and oxygen atoms in total. The lowest BCUT2D eigenvalue weighted by Crippen LogP contribution is -2.52. The lowest BCUT2D eigenvalue weighted by atomic mass is 10.0. The minimum absolute atomic E-state index is 0.0564. The molecule has 2 aliphatic rings. The SMILES string of the molecule is CCOC(=O)[C@@H]1CCCCN1C(=O)CN1C(=O)c2ccccc2S1(=O)=O. The normalized spacial score (nSPS) is 21.4. The molecule has 0 spiro atoms. The van der Waals surface area contributed by atoms with Crippen molar-refractivity contribution in [2.45, 2.75) is 37.1 Å². The van der Waals surface area contributed by atoms with Gasteiger partial charge in [-0.3, -0.25) is 9.59 Å². The Hall–Kier alpha value is -2.42. The van der Waals surface area contributed by atoms with Crippen LogP contribution in [0.1, 0.15) is 36.5 Å². The van der Waals surface area contributed by atoms with E-state index in [9.17, 15) is 22.8 Å². The van der Waals surface area contributed by atoms with E-state index in [1.807, 2.05) is 0 Å². The molecule has 26 heavy (non-hydrogen) atoms. The molecule has 0 bridgehead atoms. The Labute approximate surface area is 151 Å². The Bertz CT molecular complexity index is 851. The number of sulfonamides is 1. The fourth-order valence-electron chi connectivity index (χ4n) is 3.31. The second-order valence-corrected chi connectivity index (χ2v) is 7.99. The number of ether oxygens (including phenoxy) is 1. The molecule has 3 rings (SSSR count). The molecule has 1 fully saturated rings. The number of likely N-dealkylation sites (tertiary alicyclic amines) is 1. The van der Waals surface area contributed by atoms with Crippen LogP contribution in [0.25, 0.3) is 0 Å². The number of hydrogen-bond donors (Lipinski definition) is 0. The van der Waals surface area contributed by atoms with Gasteiger partial charge in [-0.15, -0.1) is 0 Å². The van der Waals surface area contributed by atoms with E-state index in [4.69, 9.17) is 4.74 Å². The predicted octanol–water partition coefficient (Wildman–Crippen LogP) is 0.775. The van der Waals surface area contributed by atoms with Gasteiger partial charge in [-0.1, -0.05) is 12.1 Å². The zero-order valence-corrected chi connectivity index (χ0v) is 15.2. The number of esters is 1. The van der Waals surface area contributed by atoms with Gasteiger partial charge in [0.1, 0.15) is 17.5 Å². The van der Waals surface area contributed by atoms with E-state index in [1.165, 1.54) is 23.1 Å². The van der Waals surface area contributed by atoms with Crippen LogP contribution in [0.4, 0.5) is 0 Å². The number of hydrogen-bond acceptors (Lipinski definition) is 6. The maximum atomic E-state index is 12.7. The van der Waals surface area contributed by atoms with Gasteiger partial charge in [0.25, 0.3) is 15.9 Å². The summed E-state index contributed by atoms with van der Waals surface area (Å²) in [4.78, 5) is 38.5. The highest BCUT2D eigenvalue weighted by atomic mass is 32.2. The van der Waals surface area contributed by atoms with Crippen LogP contribution in [0.3, 0.4) is 0 Å². The topological polar surface area (TPSA) is 101 Å². The van der Waals surface area contributed by atoms with Crippen molar-refractivity contribution in [2.24, 2.45) is 0 Å². The molecule has 0 aliphatic carbocycles. The van der Waals surface area contributed by atoms with Gasteiger partial charge < -0.3 is 9.64 Å². The van der Waals surface area contributed by atoms with Crippen LogP contribution in [0, 0.1) is 0 Å². The molecule has 1 aromatic carbocycles. The molecule has 1 saturated heterocycles. The summed E-state index contributed by atoms with van der Waals surface area (Å²) < 4.78 is 30.7. The van der Waals surface area contributed by atoms with Crippen LogP contribution in [-0.4, -0.2) is 61.1 Å². The third kappa shape index (κ3) is 3.07. The smallest absolute Gasteiger partial charge is 0.328 e. The van der Waals surface area contributed by atoms with E-state index in [-0.39, 0.29) is 17.1 Å². The molecule has 9 heteroatoms. The summed E-state index contributed by atoms with van der Waals surface area (Å²) in [7, 11) is -4.06. The Morgan fingerprint density at radius 2 is 1.96 bits per heavy atom. The van der Waals surface area contributed by atoms with Crippen molar-refractivity contribution in [3.8, 4) is 0 Å². The zero-order chi connectivity index (χ0) is 18.9. The molecular formula is C17H20N2O6S. The number of piperidine rings is 1. The second-order valence-electron chi connectivity index (χ2n) is 6.16. The number of benzene rings is 1. The van der Waals surface area contributed by atoms with Crippen molar-refractivity contribution in [1.82, 2.24) is 9.21 Å². The second kappa shape index (κ2) is 7.06. The van der Waals surface area contributed by atoms with Gasteiger partial charge in [0, 0.05) is 6.54 Å². The van der Waals surface area contributed by atoms with Gasteiger partial charge in [-0.2, -0.15) is 0 Å². The molecule has 0 radical (unpaired) electrons. The molecule has 2 aliphatic heterocycles. The average Bonchev–Trinajstić information content (AvgIpc) is 2.83. The van der Waals surface area contributed by atoms with E-state index in [1.54, 1.807) is 13.0 Å². The first-order valence-electron chi connectivity index (χ1n) is 8.50. The largest absolute Gasteiger partial charge is 0.464 e. The maximum absolute atomic E-state index is 12.7. The number of fused-ring (bicyclic) bond motifs is 1. The molecule has 1 aromatic rings. The molecule has 0 N–H and O–H groups in total. The van der Waals surface area contributed by atoms with Gasteiger partial charge in [0.15, 0.2) is 0 Å². The monoisotopic (exact) mass is 380 g/mol. The summed E-state index contributed by atoms with van der Waals surface area (Å²) in [5.74, 6) is -1.80. The predicted molar refractivity (Wildman–Crippen MR) is 90.6 cm³/mol. The lowest BCUT2D eigenvalue weighted by Gasteiger charge is -2.34. The van der Waals surface area contributed by atoms with Crippen molar-refractivity contribution in [3.63, 3.8) is 0 Å². The van der Waals surface area contributed by atoms with Gasteiger partial charge in [-0.05, 0) is 38.3 Å². The molecule has 140 valence electrons. The van der Waals surface area contributed by atoms with E-state index in [2.05, 4.69) is 0 Å². The highest BCUT2D eigenvalue weighted by molar-refractivity contribution is 7.90. The van der Waals surface area contributed by atoms with E-state index >= 15 is 0 Å². The Balaban J connectivity index is 1.81. The fourth-order valence-corrected chi connectivity index (χ4v) is 4.83. The quantitative estimate of drug-likeness (QED) is 0.716.